The Morgan fingerprint density at radius 2 is 1.81 bits per heavy atom. The van der Waals surface area contributed by atoms with Crippen LogP contribution in [0.3, 0.4) is 0 Å². The molecule has 6 heterocycles. The maximum Gasteiger partial charge on any atom is 0.265 e. The number of aliphatic hydroxyl groups is 1. The monoisotopic (exact) mass is 661 g/mol. The second kappa shape index (κ2) is 12.8. The van der Waals surface area contributed by atoms with Crippen LogP contribution in [0.25, 0.3) is 21.5 Å². The number of carbonyl (C=O) groups excluding carboxylic acids is 2. The van der Waals surface area contributed by atoms with Crippen molar-refractivity contribution >= 4 is 34.2 Å². The van der Waals surface area contributed by atoms with Gasteiger partial charge in [0.1, 0.15) is 22.9 Å². The van der Waals surface area contributed by atoms with E-state index < -0.39 is 5.60 Å². The number of hydrogen-bond acceptors (Lipinski definition) is 8. The molecule has 5 aromatic rings. The molecule has 1 aromatic carbocycles. The molecule has 4 aromatic heterocycles. The molecule has 0 saturated carbocycles. The molecule has 48 heavy (non-hydrogen) atoms. The van der Waals surface area contributed by atoms with Crippen molar-refractivity contribution in [3.63, 3.8) is 0 Å². The van der Waals surface area contributed by atoms with E-state index in [-0.39, 0.29) is 35.8 Å². The number of aromatic nitrogens is 4. The summed E-state index contributed by atoms with van der Waals surface area (Å²) in [5.74, 6) is -0.771. The number of carbonyl (C=O) groups is 2. The van der Waals surface area contributed by atoms with Crippen molar-refractivity contribution in [1.29, 1.82) is 5.26 Å². The molecule has 2 amide bonds. The lowest BCUT2D eigenvalue weighted by atomic mass is 9.79. The molecule has 1 N–H and O–H groups in total. The third-order valence-corrected chi connectivity index (χ3v) is 10.9. The summed E-state index contributed by atoms with van der Waals surface area (Å²) in [6, 6.07) is 19.2. The molecule has 12 heteroatoms. The van der Waals surface area contributed by atoms with Gasteiger partial charge in [-0.3, -0.25) is 23.9 Å². The molecule has 0 spiro atoms. The average molecular weight is 662 g/mol. The van der Waals surface area contributed by atoms with E-state index in [1.165, 1.54) is 22.2 Å². The first-order chi connectivity index (χ1) is 23.2. The molecule has 2 fully saturated rings. The maximum absolute atomic E-state index is 14.1. The number of pyridine rings is 1. The molecule has 2 aliphatic heterocycles. The minimum absolute atomic E-state index is 0.0105. The van der Waals surface area contributed by atoms with Crippen LogP contribution in [0, 0.1) is 17.2 Å². The number of nitrogens with zero attached hydrogens (tertiary/aromatic N) is 7. The van der Waals surface area contributed by atoms with Crippen molar-refractivity contribution < 1.29 is 14.7 Å². The summed E-state index contributed by atoms with van der Waals surface area (Å²) in [5, 5.41) is 21.9. The van der Waals surface area contributed by atoms with E-state index in [9.17, 15) is 24.8 Å². The molecular weight excluding hydrogens is 627 g/mol. The summed E-state index contributed by atoms with van der Waals surface area (Å²) in [4.78, 5) is 54.4. The Hall–Kier alpha value is -5.12. The number of rotatable bonds is 6. The van der Waals surface area contributed by atoms with E-state index in [1.807, 2.05) is 54.4 Å². The van der Waals surface area contributed by atoms with E-state index in [0.29, 0.717) is 66.9 Å². The normalized spacial score (nSPS) is 19.3. The van der Waals surface area contributed by atoms with Gasteiger partial charge in [-0.05, 0) is 54.7 Å². The van der Waals surface area contributed by atoms with Gasteiger partial charge in [-0.25, -0.2) is 4.98 Å². The summed E-state index contributed by atoms with van der Waals surface area (Å²) < 4.78 is 3.25. The second-order valence-corrected chi connectivity index (χ2v) is 13.8. The van der Waals surface area contributed by atoms with Gasteiger partial charge in [0.25, 0.3) is 11.5 Å². The first-order valence-corrected chi connectivity index (χ1v) is 16.9. The van der Waals surface area contributed by atoms with Crippen LogP contribution in [0.2, 0.25) is 0 Å². The molecule has 2 saturated heterocycles. The third-order valence-electron chi connectivity index (χ3n) is 9.78. The number of amides is 2. The highest BCUT2D eigenvalue weighted by molar-refractivity contribution is 7.17. The number of fused-ring (bicyclic) bond motifs is 1. The average Bonchev–Trinajstić information content (AvgIpc) is 3.74. The van der Waals surface area contributed by atoms with Crippen LogP contribution in [0.1, 0.15) is 46.0 Å². The molecule has 2 atom stereocenters. The Morgan fingerprint density at radius 3 is 2.54 bits per heavy atom. The largest absolute Gasteiger partial charge is 0.388 e. The van der Waals surface area contributed by atoms with Gasteiger partial charge in [0.05, 0.1) is 23.1 Å². The fourth-order valence-electron chi connectivity index (χ4n) is 7.05. The zero-order valence-corrected chi connectivity index (χ0v) is 27.3. The number of piperidine rings is 2. The van der Waals surface area contributed by atoms with Gasteiger partial charge in [-0.15, -0.1) is 11.3 Å². The zero-order chi connectivity index (χ0) is 33.4. The predicted molar refractivity (Wildman–Crippen MR) is 181 cm³/mol. The number of likely N-dealkylation sites (tertiary alicyclic amines) is 2. The van der Waals surface area contributed by atoms with Gasteiger partial charge in [0.15, 0.2) is 0 Å². The van der Waals surface area contributed by atoms with Gasteiger partial charge < -0.3 is 19.5 Å². The molecule has 0 unspecified atom stereocenters. The smallest absolute Gasteiger partial charge is 0.265 e. The topological polar surface area (TPSA) is 137 Å². The SMILES string of the molecule is Cn1ccc2c(=O)n(CC3(O)CCN(C(=O)[C@@H]4CCN(C(=O)c5sc(-c6ccncc6)cc5C#N)C[C@H]4c4ccccc4)CC3)cnc21. The summed E-state index contributed by atoms with van der Waals surface area (Å²) in [5.41, 5.74) is 1.47. The van der Waals surface area contributed by atoms with Crippen LogP contribution in [-0.4, -0.2) is 77.6 Å². The Morgan fingerprint density at radius 1 is 1.06 bits per heavy atom. The maximum atomic E-state index is 14.1. The molecule has 0 aliphatic carbocycles. The van der Waals surface area contributed by atoms with Crippen LogP contribution in [0.5, 0.6) is 0 Å². The zero-order valence-electron chi connectivity index (χ0n) is 26.5. The molecule has 7 rings (SSSR count). The molecule has 11 nitrogen and oxygen atoms in total. The van der Waals surface area contributed by atoms with Crippen LogP contribution in [0.4, 0.5) is 0 Å². The lowest BCUT2D eigenvalue weighted by molar-refractivity contribution is -0.142. The minimum atomic E-state index is -1.15. The van der Waals surface area contributed by atoms with Crippen molar-refractivity contribution in [2.75, 3.05) is 26.2 Å². The van der Waals surface area contributed by atoms with E-state index >= 15 is 0 Å². The summed E-state index contributed by atoms with van der Waals surface area (Å²) in [7, 11) is 1.83. The quantitative estimate of drug-likeness (QED) is 0.290. The van der Waals surface area contributed by atoms with Gasteiger partial charge in [-0.1, -0.05) is 30.3 Å². The molecular formula is C36H35N7O4S. The third kappa shape index (κ3) is 5.91. The Labute approximate surface area is 281 Å². The highest BCUT2D eigenvalue weighted by Crippen LogP contribution is 2.38. The van der Waals surface area contributed by atoms with Crippen molar-refractivity contribution in [3.05, 3.63) is 106 Å². The van der Waals surface area contributed by atoms with Crippen LogP contribution in [0.15, 0.2) is 84.3 Å². The number of benzene rings is 1. The first kappa shape index (κ1) is 31.5. The number of nitriles is 1. The fourth-order valence-corrected chi connectivity index (χ4v) is 8.13. The molecule has 0 radical (unpaired) electrons. The van der Waals surface area contributed by atoms with Gasteiger partial charge in [0.2, 0.25) is 5.91 Å². The number of thiophene rings is 1. The van der Waals surface area contributed by atoms with Crippen molar-refractivity contribution in [2.45, 2.75) is 37.3 Å². The van der Waals surface area contributed by atoms with E-state index in [2.05, 4.69) is 16.0 Å². The minimum Gasteiger partial charge on any atom is -0.388 e. The van der Waals surface area contributed by atoms with Crippen molar-refractivity contribution in [1.82, 2.24) is 28.9 Å². The van der Waals surface area contributed by atoms with Gasteiger partial charge in [-0.2, -0.15) is 5.26 Å². The standard InChI is InChI=1S/C36H35N7O4S/c1-40-15-9-28-32(40)39-23-43(34(28)45)22-36(47)11-17-41(18-12-36)33(44)27-10-16-42(21-29(27)24-5-3-2-4-6-24)35(46)31-26(20-37)19-30(48-31)25-7-13-38-14-8-25/h2-9,13-15,19,23,27,29,47H,10-12,16-18,21-22H2,1H3/t27-,29+/m1/s1. The second-order valence-electron chi connectivity index (χ2n) is 12.8. The van der Waals surface area contributed by atoms with Crippen LogP contribution >= 0.6 is 11.3 Å². The van der Waals surface area contributed by atoms with E-state index in [0.717, 1.165) is 16.0 Å². The first-order valence-electron chi connectivity index (χ1n) is 16.0. The Kier molecular flexibility index (Phi) is 8.41. The lowest BCUT2D eigenvalue weighted by Crippen LogP contribution is -2.53. The van der Waals surface area contributed by atoms with E-state index in [1.54, 1.807) is 40.2 Å². The van der Waals surface area contributed by atoms with E-state index in [4.69, 9.17) is 0 Å². The van der Waals surface area contributed by atoms with Gasteiger partial charge in [0, 0.05) is 68.5 Å². The van der Waals surface area contributed by atoms with Crippen molar-refractivity contribution in [2.24, 2.45) is 13.0 Å². The number of hydrogen-bond donors (Lipinski definition) is 1. The van der Waals surface area contributed by atoms with Crippen molar-refractivity contribution in [3.8, 4) is 16.5 Å². The summed E-state index contributed by atoms with van der Waals surface area (Å²) in [6.45, 7) is 1.58. The van der Waals surface area contributed by atoms with Crippen LogP contribution in [-0.2, 0) is 18.4 Å². The lowest BCUT2D eigenvalue weighted by Gasteiger charge is -2.43. The predicted octanol–water partition coefficient (Wildman–Crippen LogP) is 4.03. The summed E-state index contributed by atoms with van der Waals surface area (Å²) in [6.07, 6.45) is 7.78. The van der Waals surface area contributed by atoms with Crippen LogP contribution < -0.4 is 5.56 Å². The Balaban J connectivity index is 1.06. The number of aryl methyl sites for hydroxylation is 1. The fraction of sp³-hybridized carbons (Fsp3) is 0.333. The Bertz CT molecular complexity index is 2070. The highest BCUT2D eigenvalue weighted by atomic mass is 32.1. The van der Waals surface area contributed by atoms with Gasteiger partial charge >= 0.3 is 0 Å². The molecule has 0 bridgehead atoms. The molecule has 2 aliphatic rings. The molecule has 244 valence electrons. The highest BCUT2D eigenvalue weighted by Gasteiger charge is 2.42. The summed E-state index contributed by atoms with van der Waals surface area (Å²) >= 11 is 1.30.